The number of rotatable bonds is 1. The molecule has 1 aromatic carbocycles. The van der Waals surface area contributed by atoms with Gasteiger partial charge in [0.25, 0.3) is 0 Å². The molecule has 0 radical (unpaired) electrons. The summed E-state index contributed by atoms with van der Waals surface area (Å²) in [5, 5.41) is 0. The third kappa shape index (κ3) is 1.76. The molecule has 0 aliphatic rings. The smallest absolute Gasteiger partial charge is 0.131 e. The Labute approximate surface area is 93.9 Å². The molecule has 16 heavy (non-hydrogen) atoms. The van der Waals surface area contributed by atoms with E-state index in [2.05, 4.69) is 4.98 Å². The molecule has 1 heterocycles. The zero-order valence-corrected chi connectivity index (χ0v) is 9.29. The molecule has 0 aliphatic carbocycles. The van der Waals surface area contributed by atoms with Gasteiger partial charge in [0.2, 0.25) is 0 Å². The van der Waals surface area contributed by atoms with Crippen LogP contribution in [-0.2, 0) is 0 Å². The van der Waals surface area contributed by atoms with E-state index in [1.54, 1.807) is 18.5 Å². The zero-order valence-electron chi connectivity index (χ0n) is 9.29. The van der Waals surface area contributed by atoms with Gasteiger partial charge in [-0.3, -0.25) is 4.98 Å². The number of nitrogen functional groups attached to an aromatic ring is 1. The van der Waals surface area contributed by atoms with E-state index in [9.17, 15) is 4.39 Å². The first-order valence-electron chi connectivity index (χ1n) is 5.06. The third-order valence-corrected chi connectivity index (χ3v) is 2.67. The summed E-state index contributed by atoms with van der Waals surface area (Å²) in [5.41, 5.74) is 9.38. The van der Waals surface area contributed by atoms with Gasteiger partial charge in [-0.15, -0.1) is 0 Å². The van der Waals surface area contributed by atoms with Crippen molar-refractivity contribution < 1.29 is 4.39 Å². The Balaban J connectivity index is 2.63. The van der Waals surface area contributed by atoms with Gasteiger partial charge in [0.15, 0.2) is 0 Å². The lowest BCUT2D eigenvalue weighted by Gasteiger charge is -2.09. The molecule has 82 valence electrons. The molecule has 0 aliphatic heterocycles. The van der Waals surface area contributed by atoms with Crippen molar-refractivity contribution in [2.75, 3.05) is 5.73 Å². The standard InChI is InChI=1S/C13H13FN2/c1-8-3-4-10(12(14)5-8)11-6-16-7-13(15)9(11)2/h3-7H,15H2,1-2H3. The van der Waals surface area contributed by atoms with E-state index in [1.165, 1.54) is 6.07 Å². The number of benzene rings is 1. The first-order valence-corrected chi connectivity index (χ1v) is 5.06. The molecule has 0 saturated carbocycles. The van der Waals surface area contributed by atoms with Crippen LogP contribution in [0.3, 0.4) is 0 Å². The summed E-state index contributed by atoms with van der Waals surface area (Å²) in [6.07, 6.45) is 3.21. The van der Waals surface area contributed by atoms with E-state index >= 15 is 0 Å². The normalized spacial score (nSPS) is 10.4. The minimum absolute atomic E-state index is 0.240. The molecule has 0 atom stereocenters. The third-order valence-electron chi connectivity index (χ3n) is 2.67. The number of aromatic nitrogens is 1. The van der Waals surface area contributed by atoms with Gasteiger partial charge in [0, 0.05) is 17.3 Å². The van der Waals surface area contributed by atoms with Gasteiger partial charge in [0.1, 0.15) is 5.82 Å². The molecular weight excluding hydrogens is 203 g/mol. The monoisotopic (exact) mass is 216 g/mol. The largest absolute Gasteiger partial charge is 0.397 e. The molecule has 1 aromatic heterocycles. The molecule has 0 spiro atoms. The van der Waals surface area contributed by atoms with Crippen LogP contribution in [0.2, 0.25) is 0 Å². The fraction of sp³-hybridized carbons (Fsp3) is 0.154. The highest BCUT2D eigenvalue weighted by molar-refractivity contribution is 5.71. The fourth-order valence-corrected chi connectivity index (χ4v) is 1.65. The Morgan fingerprint density at radius 3 is 2.56 bits per heavy atom. The van der Waals surface area contributed by atoms with E-state index in [0.29, 0.717) is 11.3 Å². The number of hydrogen-bond donors (Lipinski definition) is 1. The van der Waals surface area contributed by atoms with Crippen LogP contribution in [0.5, 0.6) is 0 Å². The van der Waals surface area contributed by atoms with Crippen molar-refractivity contribution in [3.63, 3.8) is 0 Å². The summed E-state index contributed by atoms with van der Waals surface area (Å²) >= 11 is 0. The molecule has 0 saturated heterocycles. The highest BCUT2D eigenvalue weighted by atomic mass is 19.1. The fourth-order valence-electron chi connectivity index (χ4n) is 1.65. The Hall–Kier alpha value is -1.90. The number of aryl methyl sites for hydroxylation is 1. The summed E-state index contributed by atoms with van der Waals surface area (Å²) in [6.45, 7) is 3.73. The van der Waals surface area contributed by atoms with Gasteiger partial charge in [0.05, 0.1) is 11.9 Å². The number of halogens is 1. The molecule has 2 nitrogen and oxygen atoms in total. The van der Waals surface area contributed by atoms with E-state index in [1.807, 2.05) is 19.9 Å². The lowest BCUT2D eigenvalue weighted by Crippen LogP contribution is -1.95. The van der Waals surface area contributed by atoms with Gasteiger partial charge in [-0.05, 0) is 31.0 Å². The topological polar surface area (TPSA) is 38.9 Å². The first kappa shape index (κ1) is 10.6. The van der Waals surface area contributed by atoms with E-state index < -0.39 is 0 Å². The second-order valence-corrected chi connectivity index (χ2v) is 3.88. The van der Waals surface area contributed by atoms with Crippen LogP contribution in [0.15, 0.2) is 30.6 Å². The highest BCUT2D eigenvalue weighted by Gasteiger charge is 2.09. The van der Waals surface area contributed by atoms with Crippen molar-refractivity contribution in [2.45, 2.75) is 13.8 Å². The van der Waals surface area contributed by atoms with Crippen LogP contribution >= 0.6 is 0 Å². The van der Waals surface area contributed by atoms with Crippen LogP contribution in [0.25, 0.3) is 11.1 Å². The van der Waals surface area contributed by atoms with Crippen molar-refractivity contribution in [3.05, 3.63) is 47.5 Å². The number of nitrogens with two attached hydrogens (primary N) is 1. The molecule has 2 N–H and O–H groups in total. The molecule has 0 bridgehead atoms. The summed E-state index contributed by atoms with van der Waals surface area (Å²) in [4.78, 5) is 3.99. The zero-order chi connectivity index (χ0) is 11.7. The summed E-state index contributed by atoms with van der Waals surface area (Å²) in [7, 11) is 0. The van der Waals surface area contributed by atoms with Crippen LogP contribution in [-0.4, -0.2) is 4.98 Å². The molecule has 2 rings (SSSR count). The highest BCUT2D eigenvalue weighted by Crippen LogP contribution is 2.28. The average molecular weight is 216 g/mol. The molecule has 0 fully saturated rings. The Kier molecular flexibility index (Phi) is 2.60. The van der Waals surface area contributed by atoms with Crippen molar-refractivity contribution >= 4 is 5.69 Å². The number of hydrogen-bond acceptors (Lipinski definition) is 2. The first-order chi connectivity index (χ1) is 7.59. The van der Waals surface area contributed by atoms with Crippen molar-refractivity contribution in [1.82, 2.24) is 4.98 Å². The summed E-state index contributed by atoms with van der Waals surface area (Å²) in [5.74, 6) is -0.240. The Bertz CT molecular complexity index is 535. The predicted octanol–water partition coefficient (Wildman–Crippen LogP) is 3.09. The second kappa shape index (κ2) is 3.93. The van der Waals surface area contributed by atoms with E-state index in [0.717, 1.165) is 16.7 Å². The SMILES string of the molecule is Cc1ccc(-c2cncc(N)c2C)c(F)c1. The summed E-state index contributed by atoms with van der Waals surface area (Å²) in [6, 6.07) is 5.15. The Morgan fingerprint density at radius 1 is 1.12 bits per heavy atom. The maximum absolute atomic E-state index is 13.8. The van der Waals surface area contributed by atoms with Gasteiger partial charge >= 0.3 is 0 Å². The Morgan fingerprint density at radius 2 is 1.88 bits per heavy atom. The molecular formula is C13H13FN2. The maximum atomic E-state index is 13.8. The van der Waals surface area contributed by atoms with E-state index in [-0.39, 0.29) is 5.82 Å². The van der Waals surface area contributed by atoms with Gasteiger partial charge in [-0.1, -0.05) is 12.1 Å². The van der Waals surface area contributed by atoms with Crippen molar-refractivity contribution in [2.24, 2.45) is 0 Å². The minimum Gasteiger partial charge on any atom is -0.397 e. The minimum atomic E-state index is -0.240. The number of anilines is 1. The molecule has 2 aromatic rings. The quantitative estimate of drug-likeness (QED) is 0.795. The van der Waals surface area contributed by atoms with Crippen LogP contribution in [0.1, 0.15) is 11.1 Å². The lowest BCUT2D eigenvalue weighted by molar-refractivity contribution is 0.630. The van der Waals surface area contributed by atoms with Crippen LogP contribution in [0.4, 0.5) is 10.1 Å². The second-order valence-electron chi connectivity index (χ2n) is 3.88. The van der Waals surface area contributed by atoms with Gasteiger partial charge in [-0.25, -0.2) is 4.39 Å². The maximum Gasteiger partial charge on any atom is 0.131 e. The lowest BCUT2D eigenvalue weighted by atomic mass is 10.0. The van der Waals surface area contributed by atoms with E-state index in [4.69, 9.17) is 5.73 Å². The molecule has 0 unspecified atom stereocenters. The molecule has 3 heteroatoms. The van der Waals surface area contributed by atoms with Gasteiger partial charge in [-0.2, -0.15) is 0 Å². The van der Waals surface area contributed by atoms with Crippen LogP contribution < -0.4 is 5.73 Å². The number of nitrogens with zero attached hydrogens (tertiary/aromatic N) is 1. The van der Waals surface area contributed by atoms with Crippen LogP contribution in [0, 0.1) is 19.7 Å². The summed E-state index contributed by atoms with van der Waals surface area (Å²) < 4.78 is 13.8. The number of pyridine rings is 1. The van der Waals surface area contributed by atoms with Gasteiger partial charge < -0.3 is 5.73 Å². The van der Waals surface area contributed by atoms with Crippen molar-refractivity contribution in [1.29, 1.82) is 0 Å². The van der Waals surface area contributed by atoms with Crippen molar-refractivity contribution in [3.8, 4) is 11.1 Å². The average Bonchev–Trinajstić information content (AvgIpc) is 2.23. The predicted molar refractivity (Wildman–Crippen MR) is 63.5 cm³/mol. The molecule has 0 amide bonds.